The van der Waals surface area contributed by atoms with E-state index in [0.29, 0.717) is 32.1 Å². The maximum atomic E-state index is 12.4. The van der Waals surface area contributed by atoms with Crippen LogP contribution in [0, 0.1) is 11.8 Å². The zero-order valence-electron chi connectivity index (χ0n) is 18.8. The quantitative estimate of drug-likeness (QED) is 0.142. The highest BCUT2D eigenvalue weighted by molar-refractivity contribution is 7.19. The van der Waals surface area contributed by atoms with Gasteiger partial charge in [0.2, 0.25) is 0 Å². The minimum absolute atomic E-state index is 0.00732. The van der Waals surface area contributed by atoms with Crippen LogP contribution in [0.1, 0.15) is 43.4 Å². The number of rotatable bonds is 12. The summed E-state index contributed by atoms with van der Waals surface area (Å²) in [6.45, 7) is 0.124. The molecule has 0 aliphatic heterocycles. The van der Waals surface area contributed by atoms with Crippen molar-refractivity contribution in [1.82, 2.24) is 0 Å². The molecule has 1 heterocycles. The number of benzene rings is 1. The van der Waals surface area contributed by atoms with Gasteiger partial charge in [-0.25, -0.2) is 0 Å². The number of carbonyl (C=O) groups excluding carboxylic acids is 3. The molecular formula is C26H29ClO6S. The van der Waals surface area contributed by atoms with Crippen molar-refractivity contribution in [1.29, 1.82) is 0 Å². The Bertz CT molecular complexity index is 1060. The molecule has 4 atom stereocenters. The molecule has 1 aliphatic carbocycles. The van der Waals surface area contributed by atoms with Gasteiger partial charge >= 0.3 is 12.4 Å². The van der Waals surface area contributed by atoms with Gasteiger partial charge in [0.1, 0.15) is 5.78 Å². The molecule has 8 heteroatoms. The predicted octanol–water partition coefficient (Wildman–Crippen LogP) is 4.79. The van der Waals surface area contributed by atoms with Crippen molar-refractivity contribution < 1.29 is 29.3 Å². The van der Waals surface area contributed by atoms with E-state index in [2.05, 4.69) is 4.74 Å². The number of carbonyl (C=O) groups is 3. The Morgan fingerprint density at radius 1 is 1.29 bits per heavy atom. The summed E-state index contributed by atoms with van der Waals surface area (Å²) in [6.07, 6.45) is 8.79. The summed E-state index contributed by atoms with van der Waals surface area (Å²) in [7, 11) is 0. The van der Waals surface area contributed by atoms with Crippen LogP contribution in [0.5, 0.6) is 0 Å². The molecule has 0 radical (unpaired) electrons. The van der Waals surface area contributed by atoms with Gasteiger partial charge in [0.15, 0.2) is 0 Å². The van der Waals surface area contributed by atoms with E-state index in [1.165, 1.54) is 0 Å². The van der Waals surface area contributed by atoms with Crippen molar-refractivity contribution in [3.63, 3.8) is 0 Å². The molecule has 1 saturated carbocycles. The van der Waals surface area contributed by atoms with Crippen LogP contribution in [0.2, 0.25) is 5.02 Å². The smallest absolute Gasteiger partial charge is 0.313 e. The first-order chi connectivity index (χ1) is 16.4. The first kappa shape index (κ1) is 26.3. The van der Waals surface area contributed by atoms with Crippen LogP contribution in [0.25, 0.3) is 10.1 Å². The van der Waals surface area contributed by atoms with Gasteiger partial charge in [-0.3, -0.25) is 14.4 Å². The largest absolute Gasteiger partial charge is 0.395 e. The van der Waals surface area contributed by atoms with Gasteiger partial charge in [0.05, 0.1) is 17.2 Å². The maximum Gasteiger partial charge on any atom is 0.313 e. The molecular weight excluding hydrogens is 476 g/mol. The molecule has 34 heavy (non-hydrogen) atoms. The van der Waals surface area contributed by atoms with Crippen LogP contribution >= 0.6 is 22.9 Å². The lowest BCUT2D eigenvalue weighted by atomic mass is 9.90. The monoisotopic (exact) mass is 504 g/mol. The highest BCUT2D eigenvalue weighted by Gasteiger charge is 2.39. The summed E-state index contributed by atoms with van der Waals surface area (Å²) in [5.74, 6) is -1.24. The number of aryl methyl sites for hydroxylation is 1. The zero-order chi connectivity index (χ0) is 24.5. The highest BCUT2D eigenvalue weighted by atomic mass is 35.5. The molecule has 2 N–H and O–H groups in total. The Morgan fingerprint density at radius 2 is 2.09 bits per heavy atom. The molecule has 1 aromatic heterocycles. The average Bonchev–Trinajstić information content (AvgIpc) is 3.28. The Balaban J connectivity index is 1.49. The molecule has 0 saturated heterocycles. The van der Waals surface area contributed by atoms with Crippen LogP contribution < -0.4 is 0 Å². The molecule has 182 valence electrons. The fraction of sp³-hybridized carbons (Fsp3) is 0.423. The SMILES string of the molecule is O=COC(=O)CCC/C=C\C[C@H]1C(=O)C[C@@H](O)[C@@H]1/C=C/C(O)CCc1sc2ccccc2c1Cl. The minimum Gasteiger partial charge on any atom is -0.395 e. The van der Waals surface area contributed by atoms with Crippen LogP contribution in [-0.4, -0.2) is 40.6 Å². The van der Waals surface area contributed by atoms with Gasteiger partial charge in [-0.2, -0.15) is 0 Å². The Hall–Kier alpha value is -2.32. The molecule has 0 bridgehead atoms. The topological polar surface area (TPSA) is 101 Å². The number of hydrogen-bond donors (Lipinski definition) is 2. The predicted molar refractivity (Wildman–Crippen MR) is 133 cm³/mol. The fourth-order valence-corrected chi connectivity index (χ4v) is 5.76. The molecule has 2 aromatic rings. The summed E-state index contributed by atoms with van der Waals surface area (Å²) >= 11 is 8.11. The van der Waals surface area contributed by atoms with E-state index < -0.39 is 18.2 Å². The van der Waals surface area contributed by atoms with E-state index in [4.69, 9.17) is 11.6 Å². The second-order valence-corrected chi connectivity index (χ2v) is 9.95. The number of fused-ring (bicyclic) bond motifs is 1. The number of ether oxygens (including phenoxy) is 1. The summed E-state index contributed by atoms with van der Waals surface area (Å²) in [5.41, 5.74) is 0. The number of halogens is 1. The van der Waals surface area contributed by atoms with Crippen LogP contribution in [0.15, 0.2) is 48.6 Å². The van der Waals surface area contributed by atoms with Crippen LogP contribution in [-0.2, 0) is 25.5 Å². The number of aliphatic hydroxyl groups excluding tert-OH is 2. The number of thiophene rings is 1. The molecule has 0 amide bonds. The highest BCUT2D eigenvalue weighted by Crippen LogP contribution is 2.36. The molecule has 1 aromatic carbocycles. The third-order valence-corrected chi connectivity index (χ3v) is 7.82. The number of esters is 1. The normalized spacial score (nSPS) is 21.6. The molecule has 1 aliphatic rings. The first-order valence-electron chi connectivity index (χ1n) is 11.4. The molecule has 6 nitrogen and oxygen atoms in total. The number of allylic oxidation sites excluding steroid dienone is 2. The van der Waals surface area contributed by atoms with Gasteiger partial charge in [-0.05, 0) is 38.2 Å². The fourth-order valence-electron chi connectivity index (χ4n) is 4.22. The van der Waals surface area contributed by atoms with E-state index in [9.17, 15) is 24.6 Å². The lowest BCUT2D eigenvalue weighted by molar-refractivity contribution is -0.151. The lowest BCUT2D eigenvalue weighted by Crippen LogP contribution is -2.19. The number of aliphatic hydroxyl groups is 2. The third-order valence-electron chi connectivity index (χ3n) is 6.04. The zero-order valence-corrected chi connectivity index (χ0v) is 20.3. The van der Waals surface area contributed by atoms with E-state index in [-0.39, 0.29) is 36.9 Å². The summed E-state index contributed by atoms with van der Waals surface area (Å²) < 4.78 is 5.35. The van der Waals surface area contributed by atoms with Crippen molar-refractivity contribution in [2.75, 3.05) is 0 Å². The second-order valence-electron chi connectivity index (χ2n) is 8.43. The van der Waals surface area contributed by atoms with E-state index in [0.717, 1.165) is 20.0 Å². The van der Waals surface area contributed by atoms with E-state index >= 15 is 0 Å². The van der Waals surface area contributed by atoms with Crippen molar-refractivity contribution >= 4 is 51.2 Å². The Labute approximate surface area is 207 Å². The summed E-state index contributed by atoms with van der Waals surface area (Å²) in [6, 6.07) is 7.94. The van der Waals surface area contributed by atoms with E-state index in [1.807, 2.05) is 36.4 Å². The van der Waals surface area contributed by atoms with Crippen molar-refractivity contribution in [2.24, 2.45) is 11.8 Å². The average molecular weight is 505 g/mol. The molecule has 1 unspecified atom stereocenters. The Kier molecular flexibility index (Phi) is 10.0. The number of hydrogen-bond acceptors (Lipinski definition) is 7. The number of unbranched alkanes of at least 4 members (excludes halogenated alkanes) is 1. The Morgan fingerprint density at radius 3 is 2.85 bits per heavy atom. The molecule has 1 fully saturated rings. The van der Waals surface area contributed by atoms with Crippen molar-refractivity contribution in [3.05, 3.63) is 58.5 Å². The molecule has 0 spiro atoms. The number of ketones is 1. The van der Waals surface area contributed by atoms with Crippen molar-refractivity contribution in [3.8, 4) is 0 Å². The summed E-state index contributed by atoms with van der Waals surface area (Å²) in [5, 5.41) is 22.6. The van der Waals surface area contributed by atoms with Crippen LogP contribution in [0.4, 0.5) is 0 Å². The first-order valence-corrected chi connectivity index (χ1v) is 12.6. The van der Waals surface area contributed by atoms with E-state index in [1.54, 1.807) is 23.5 Å². The van der Waals surface area contributed by atoms with Gasteiger partial charge in [-0.15, -0.1) is 11.3 Å². The third kappa shape index (κ3) is 7.09. The maximum absolute atomic E-state index is 12.4. The second kappa shape index (κ2) is 13.0. The number of Topliss-reactive ketones (excluding diaryl/α,β-unsaturated/α-hetero) is 1. The summed E-state index contributed by atoms with van der Waals surface area (Å²) in [4.78, 5) is 34.6. The van der Waals surface area contributed by atoms with Gasteiger partial charge in [0.25, 0.3) is 0 Å². The van der Waals surface area contributed by atoms with Gasteiger partial charge < -0.3 is 14.9 Å². The lowest BCUT2D eigenvalue weighted by Gasteiger charge is -2.16. The molecule has 3 rings (SSSR count). The van der Waals surface area contributed by atoms with Crippen LogP contribution in [0.3, 0.4) is 0 Å². The van der Waals surface area contributed by atoms with Crippen molar-refractivity contribution in [2.45, 2.75) is 57.2 Å². The van der Waals surface area contributed by atoms with Gasteiger partial charge in [-0.1, -0.05) is 54.1 Å². The minimum atomic E-state index is -0.760. The standard InChI is InChI=1S/C26H29ClO6S/c27-26-20-8-5-6-9-23(20)34-24(26)14-12-17(29)11-13-19-18(21(30)15-22(19)31)7-3-1-2-4-10-25(32)33-16-28/h1,3,5-6,8-9,11,13,16-19,22,29,31H,2,4,7,10,12,14-15H2/b3-1-,13-11+/t17?,18-,19-,22-/m1/s1. The van der Waals surface area contributed by atoms with Gasteiger partial charge in [0, 0.05) is 39.6 Å².